The van der Waals surface area contributed by atoms with Gasteiger partial charge < -0.3 is 9.22 Å². The maximum absolute atomic E-state index is 11.2. The van der Waals surface area contributed by atoms with Gasteiger partial charge in [0.25, 0.3) is 0 Å². The Hall–Kier alpha value is -0.686. The van der Waals surface area contributed by atoms with Gasteiger partial charge in [0.1, 0.15) is 0 Å². The smallest absolute Gasteiger partial charge is 0.192 e. The summed E-state index contributed by atoms with van der Waals surface area (Å²) in [6.45, 7) is 39.2. The molecule has 0 amide bonds. The van der Waals surface area contributed by atoms with E-state index in [0.29, 0.717) is 11.3 Å². The van der Waals surface area contributed by atoms with Gasteiger partial charge >= 0.3 is 0 Å². The van der Waals surface area contributed by atoms with Crippen LogP contribution in [0.2, 0.25) is 36.3 Å². The Bertz CT molecular complexity index is 1060. The fourth-order valence-corrected chi connectivity index (χ4v) is 10.6. The van der Waals surface area contributed by atoms with Gasteiger partial charge in [0.05, 0.1) is 6.10 Å². The van der Waals surface area contributed by atoms with Crippen molar-refractivity contribution in [3.05, 3.63) is 47.6 Å². The van der Waals surface area contributed by atoms with Gasteiger partial charge in [-0.25, -0.2) is 0 Å². The quantitative estimate of drug-likeness (QED) is 0.180. The highest BCUT2D eigenvalue weighted by molar-refractivity contribution is 6.74. The third kappa shape index (κ3) is 8.42. The number of allylic oxidation sites excluding steroid dienone is 4. The highest BCUT2D eigenvalue weighted by Crippen LogP contribution is 2.60. The van der Waals surface area contributed by atoms with Gasteiger partial charge in [-0.3, -0.25) is 0 Å². The van der Waals surface area contributed by atoms with E-state index in [-0.39, 0.29) is 16.2 Å². The Morgan fingerprint density at radius 1 is 1.07 bits per heavy atom. The molecule has 0 aromatic carbocycles. The second-order valence-corrected chi connectivity index (χ2v) is 27.9. The van der Waals surface area contributed by atoms with Crippen LogP contribution in [0.5, 0.6) is 0 Å². The summed E-state index contributed by atoms with van der Waals surface area (Å²) in [5.41, 5.74) is 6.26. The normalized spacial score (nSPS) is 32.2. The summed E-state index contributed by atoms with van der Waals surface area (Å²) in [4.78, 5) is 11.2. The first-order valence-electron chi connectivity index (χ1n) is 18.1. The monoisotopic (exact) mass is 641 g/mol. The summed E-state index contributed by atoms with van der Waals surface area (Å²) in [5.74, 6) is 3.42. The molecular formula is C40H72O2Si2. The van der Waals surface area contributed by atoms with Crippen LogP contribution in [0, 0.1) is 35.0 Å². The zero-order chi connectivity index (χ0) is 33.5. The van der Waals surface area contributed by atoms with E-state index in [4.69, 9.17) is 11.0 Å². The van der Waals surface area contributed by atoms with Crippen LogP contribution in [0.1, 0.15) is 127 Å². The Morgan fingerprint density at radius 2 is 1.70 bits per heavy atom. The van der Waals surface area contributed by atoms with Gasteiger partial charge in [0.15, 0.2) is 16.6 Å². The van der Waals surface area contributed by atoms with Crippen LogP contribution >= 0.6 is 0 Å². The minimum Gasteiger partial charge on any atom is -0.432 e. The predicted molar refractivity (Wildman–Crippen MR) is 199 cm³/mol. The molecule has 2 nitrogen and oxygen atoms in total. The van der Waals surface area contributed by atoms with Crippen LogP contribution in [-0.2, 0) is 4.43 Å². The van der Waals surface area contributed by atoms with Crippen molar-refractivity contribution < 1.29 is 9.22 Å². The lowest BCUT2D eigenvalue weighted by atomic mass is 9.59. The van der Waals surface area contributed by atoms with Crippen LogP contribution in [-0.4, -0.2) is 27.5 Å². The lowest BCUT2D eigenvalue weighted by Crippen LogP contribution is -2.46. The van der Waals surface area contributed by atoms with Gasteiger partial charge in [0.2, 0.25) is 0 Å². The van der Waals surface area contributed by atoms with Crippen molar-refractivity contribution in [2.24, 2.45) is 35.0 Å². The molecule has 1 N–H and O–H groups in total. The maximum atomic E-state index is 11.2. The molecule has 2 unspecified atom stereocenters. The van der Waals surface area contributed by atoms with Gasteiger partial charge in [0, 0.05) is 0 Å². The molecule has 0 spiro atoms. The molecular weight excluding hydrogens is 569 g/mol. The number of fused-ring (bicyclic) bond motifs is 1. The first-order chi connectivity index (χ1) is 20.0. The lowest BCUT2D eigenvalue weighted by molar-refractivity contribution is 0.0743. The van der Waals surface area contributed by atoms with Crippen molar-refractivity contribution in [1.82, 2.24) is 0 Å². The first-order valence-corrected chi connectivity index (χ1v) is 24.0. The molecule has 0 aromatic rings. The van der Waals surface area contributed by atoms with Gasteiger partial charge in [-0.2, -0.15) is 0 Å². The van der Waals surface area contributed by atoms with E-state index >= 15 is 0 Å². The average molecular weight is 641 g/mol. The molecule has 0 saturated heterocycles. The van der Waals surface area contributed by atoms with Crippen molar-refractivity contribution in [2.45, 2.75) is 169 Å². The molecule has 44 heavy (non-hydrogen) atoms. The van der Waals surface area contributed by atoms with E-state index < -0.39 is 16.6 Å². The molecule has 3 fully saturated rings. The van der Waals surface area contributed by atoms with E-state index in [1.54, 1.807) is 5.57 Å². The second kappa shape index (κ2) is 13.8. The largest absolute Gasteiger partial charge is 0.432 e. The van der Waals surface area contributed by atoms with Crippen molar-refractivity contribution in [3.63, 3.8) is 0 Å². The summed E-state index contributed by atoms with van der Waals surface area (Å²) >= 11 is 0. The summed E-state index contributed by atoms with van der Waals surface area (Å²) in [5, 5.41) is 0.0847. The third-order valence-electron chi connectivity index (χ3n) is 13.7. The van der Waals surface area contributed by atoms with Gasteiger partial charge in [-0.05, 0) is 148 Å². The van der Waals surface area contributed by atoms with E-state index in [1.165, 1.54) is 61.7 Å². The first kappa shape index (κ1) is 37.8. The van der Waals surface area contributed by atoms with Crippen molar-refractivity contribution in [2.75, 3.05) is 0 Å². The summed E-state index contributed by atoms with van der Waals surface area (Å²) in [6, 6.07) is 0. The molecule has 0 radical (unpaired) electrons. The van der Waals surface area contributed by atoms with E-state index in [9.17, 15) is 4.80 Å². The Labute approximate surface area is 276 Å². The van der Waals surface area contributed by atoms with Crippen LogP contribution < -0.4 is 0 Å². The highest BCUT2D eigenvalue weighted by Gasteiger charge is 2.51. The van der Waals surface area contributed by atoms with Crippen LogP contribution in [0.15, 0.2) is 47.6 Å². The molecule has 7 atom stereocenters. The molecule has 0 bridgehead atoms. The molecule has 3 rings (SSSR count). The Kier molecular flexibility index (Phi) is 11.9. The van der Waals surface area contributed by atoms with Crippen molar-refractivity contribution in [3.8, 4) is 0 Å². The molecule has 252 valence electrons. The minimum atomic E-state index is -2.33. The topological polar surface area (TPSA) is 29.5 Å². The van der Waals surface area contributed by atoms with Crippen molar-refractivity contribution >= 4 is 16.6 Å². The molecule has 0 aromatic heterocycles. The van der Waals surface area contributed by atoms with E-state index in [2.05, 4.69) is 107 Å². The molecule has 3 aliphatic carbocycles. The average Bonchev–Trinajstić information content (AvgIpc) is 3.23. The van der Waals surface area contributed by atoms with Gasteiger partial charge in [-0.1, -0.05) is 90.8 Å². The number of hydrogen-bond acceptors (Lipinski definition) is 2. The summed E-state index contributed by atoms with van der Waals surface area (Å²) in [6.07, 6.45) is 17.3. The lowest BCUT2D eigenvalue weighted by Gasteiger charge is -2.46. The zero-order valence-electron chi connectivity index (χ0n) is 31.5. The molecule has 3 aliphatic rings. The summed E-state index contributed by atoms with van der Waals surface area (Å²) in [7, 11) is -4.29. The van der Waals surface area contributed by atoms with Gasteiger partial charge in [-0.15, -0.1) is 6.58 Å². The number of rotatable bonds is 11. The standard InChI is InChI=1S/C40H72O2Si2/c1-28(2)18-19-29(3)30(4)35-22-23-36-33(17-16-24-40(35,36)11)21-20-32-25-34(27-39(9,10)43(12,13)41)31(5)37(26-32)42-44(14,15)38(6,7)8/h20-21,29-30,34-37,41H,1,5,16-19,22-27H2,2-4,6-15H3/b32-20+,33-21+/t29-,30+,34+,35?,36?,37-,40-/m1/s1. The Balaban J connectivity index is 1.88. The molecule has 0 heterocycles. The Morgan fingerprint density at radius 3 is 2.27 bits per heavy atom. The molecule has 3 saturated carbocycles. The van der Waals surface area contributed by atoms with Crippen LogP contribution in [0.4, 0.5) is 0 Å². The maximum Gasteiger partial charge on any atom is 0.192 e. The fourth-order valence-electron chi connectivity index (χ4n) is 8.52. The number of hydrogen-bond donors (Lipinski definition) is 1. The second-order valence-electron chi connectivity index (χ2n) is 18.7. The SMILES string of the molecule is C=C(C)CC[C@@H](C)[C@H](C)C1CCC2/C(=C/C=C3\C[C@@H](CC(C)(C)[Si](C)(C)O)C(=C)[C@H](O[Si](C)(C)C(C)(C)C)C3)CCC[C@@]21C. The third-order valence-corrected chi connectivity index (χ3v) is 21.7. The molecule has 4 heteroatoms. The highest BCUT2D eigenvalue weighted by atomic mass is 28.4. The van der Waals surface area contributed by atoms with E-state index in [1.807, 2.05) is 0 Å². The summed E-state index contributed by atoms with van der Waals surface area (Å²) < 4.78 is 7.11. The minimum absolute atomic E-state index is 0.0765. The zero-order valence-corrected chi connectivity index (χ0v) is 33.5. The van der Waals surface area contributed by atoms with Crippen molar-refractivity contribution in [1.29, 1.82) is 0 Å². The van der Waals surface area contributed by atoms with Crippen LogP contribution in [0.3, 0.4) is 0 Å². The van der Waals surface area contributed by atoms with Crippen LogP contribution in [0.25, 0.3) is 0 Å². The predicted octanol–water partition coefficient (Wildman–Crippen LogP) is 12.4. The fraction of sp³-hybridized carbons (Fsp3) is 0.800. The van der Waals surface area contributed by atoms with E-state index in [0.717, 1.165) is 42.9 Å². The molecule has 0 aliphatic heterocycles.